The molecule has 4 N–H and O–H groups in total. The summed E-state index contributed by atoms with van der Waals surface area (Å²) in [5.74, 6) is 0.366. The van der Waals surface area contributed by atoms with Crippen LogP contribution < -0.4 is 16.7 Å². The van der Waals surface area contributed by atoms with Crippen LogP contribution in [0.5, 0.6) is 0 Å². The van der Waals surface area contributed by atoms with Crippen LogP contribution >= 0.6 is 0 Å². The third-order valence-corrected chi connectivity index (χ3v) is 0.960. The van der Waals surface area contributed by atoms with E-state index in [1.807, 2.05) is 0 Å². The van der Waals surface area contributed by atoms with Crippen LogP contribution in [0.2, 0.25) is 0 Å². The number of rotatable bonds is 0. The molecular formula is C4H8N4O2. The van der Waals surface area contributed by atoms with Crippen molar-refractivity contribution >= 4 is 6.09 Å². The summed E-state index contributed by atoms with van der Waals surface area (Å²) in [6.07, 6.45) is 0.860. The summed E-state index contributed by atoms with van der Waals surface area (Å²) < 4.78 is 4.37. The van der Waals surface area contributed by atoms with Gasteiger partial charge in [0.2, 0.25) is 0 Å². The first-order chi connectivity index (χ1) is 4.74. The number of ether oxygens (including phenoxy) is 1. The number of carbonyl (C=O) groups excluding carboxylic acids is 1. The Morgan fingerprint density at radius 1 is 1.90 bits per heavy atom. The largest absolute Gasteiger partial charge is 0.452 e. The normalized spacial score (nSPS) is 16.1. The van der Waals surface area contributed by atoms with Crippen LogP contribution in [0.1, 0.15) is 0 Å². The molecule has 6 heteroatoms. The van der Waals surface area contributed by atoms with Gasteiger partial charge in [0.25, 0.3) is 0 Å². The Kier molecular flexibility index (Phi) is 1.63. The first-order valence-corrected chi connectivity index (χ1v) is 2.60. The van der Waals surface area contributed by atoms with Crippen LogP contribution in [0.3, 0.4) is 0 Å². The molecule has 56 valence electrons. The van der Waals surface area contributed by atoms with Crippen molar-refractivity contribution in [1.29, 1.82) is 0 Å². The number of hydrazine groups is 2. The molecule has 1 aliphatic heterocycles. The van der Waals surface area contributed by atoms with E-state index in [0.717, 1.165) is 5.01 Å². The minimum Gasteiger partial charge on any atom is -0.452 e. The predicted octanol–water partition coefficient (Wildman–Crippen LogP) is -1.16. The lowest BCUT2D eigenvalue weighted by atomic mass is 10.8. The summed E-state index contributed by atoms with van der Waals surface area (Å²) in [7, 11) is 1.28. The van der Waals surface area contributed by atoms with E-state index in [9.17, 15) is 4.79 Å². The fourth-order valence-electron chi connectivity index (χ4n) is 0.525. The lowest BCUT2D eigenvalue weighted by Crippen LogP contribution is -2.40. The molecular weight excluding hydrogens is 136 g/mol. The molecule has 1 aliphatic rings. The van der Waals surface area contributed by atoms with Crippen molar-refractivity contribution in [2.45, 2.75) is 0 Å². The second-order valence-electron chi connectivity index (χ2n) is 1.66. The summed E-state index contributed by atoms with van der Waals surface area (Å²) >= 11 is 0. The number of nitrogens with one attached hydrogen (secondary N) is 2. The zero-order valence-electron chi connectivity index (χ0n) is 5.42. The molecule has 1 heterocycles. The highest BCUT2D eigenvalue weighted by Crippen LogP contribution is 1.94. The smallest absolute Gasteiger partial charge is 0.429 e. The van der Waals surface area contributed by atoms with Crippen molar-refractivity contribution in [3.8, 4) is 0 Å². The Bertz CT molecular complexity index is 178. The number of nitrogens with two attached hydrogens (primary N) is 1. The second kappa shape index (κ2) is 2.44. The van der Waals surface area contributed by atoms with Crippen molar-refractivity contribution in [2.24, 2.45) is 5.73 Å². The van der Waals surface area contributed by atoms with Gasteiger partial charge in [0.1, 0.15) is 5.82 Å². The lowest BCUT2D eigenvalue weighted by molar-refractivity contribution is 0.124. The summed E-state index contributed by atoms with van der Waals surface area (Å²) in [6, 6.07) is 0. The van der Waals surface area contributed by atoms with Gasteiger partial charge in [-0.25, -0.2) is 4.79 Å². The number of methoxy groups -OCH3 is 1. The fraction of sp³-hybridized carbons (Fsp3) is 0.250. The van der Waals surface area contributed by atoms with E-state index in [4.69, 9.17) is 5.73 Å². The molecule has 0 unspecified atom stereocenters. The maximum atomic E-state index is 10.7. The number of nitrogens with zero attached hydrogens (tertiary/aromatic N) is 1. The van der Waals surface area contributed by atoms with E-state index in [-0.39, 0.29) is 0 Å². The van der Waals surface area contributed by atoms with Crippen LogP contribution in [0.15, 0.2) is 12.0 Å². The molecule has 0 atom stereocenters. The third kappa shape index (κ3) is 1.11. The third-order valence-electron chi connectivity index (χ3n) is 0.960. The van der Waals surface area contributed by atoms with Crippen molar-refractivity contribution in [2.75, 3.05) is 7.11 Å². The van der Waals surface area contributed by atoms with E-state index >= 15 is 0 Å². The molecule has 0 spiro atoms. The van der Waals surface area contributed by atoms with Gasteiger partial charge in [0, 0.05) is 0 Å². The molecule has 0 aromatic carbocycles. The Morgan fingerprint density at radius 3 is 3.00 bits per heavy atom. The average Bonchev–Trinajstić information content (AvgIpc) is 2.34. The standard InChI is InChI=1S/C4H8N4O2/c1-10-4(9)8-2-3(5)6-7-8/h2,6-7H,5H2,1H3. The van der Waals surface area contributed by atoms with E-state index in [1.54, 1.807) is 0 Å². The number of hydrogen-bond donors (Lipinski definition) is 3. The van der Waals surface area contributed by atoms with Gasteiger partial charge in [0.15, 0.2) is 0 Å². The fourth-order valence-corrected chi connectivity index (χ4v) is 0.525. The SMILES string of the molecule is COC(=O)N1C=C(N)NN1. The highest BCUT2D eigenvalue weighted by Gasteiger charge is 2.15. The number of amides is 1. The van der Waals surface area contributed by atoms with E-state index in [0.29, 0.717) is 5.82 Å². The first kappa shape index (κ1) is 6.69. The zero-order valence-corrected chi connectivity index (χ0v) is 5.42. The first-order valence-electron chi connectivity index (χ1n) is 2.60. The maximum absolute atomic E-state index is 10.7. The van der Waals surface area contributed by atoms with E-state index < -0.39 is 6.09 Å². The summed E-state index contributed by atoms with van der Waals surface area (Å²) in [5, 5.41) is 1.09. The van der Waals surface area contributed by atoms with Crippen molar-refractivity contribution in [3.05, 3.63) is 12.0 Å². The highest BCUT2D eigenvalue weighted by molar-refractivity contribution is 5.68. The van der Waals surface area contributed by atoms with Crippen LogP contribution in [0.4, 0.5) is 4.79 Å². The molecule has 10 heavy (non-hydrogen) atoms. The van der Waals surface area contributed by atoms with Gasteiger partial charge < -0.3 is 10.5 Å². The topological polar surface area (TPSA) is 79.6 Å². The maximum Gasteiger partial charge on any atom is 0.429 e. The molecule has 0 aromatic heterocycles. The van der Waals surface area contributed by atoms with Crippen LogP contribution in [-0.2, 0) is 4.74 Å². The average molecular weight is 144 g/mol. The lowest BCUT2D eigenvalue weighted by Gasteiger charge is -2.09. The van der Waals surface area contributed by atoms with Gasteiger partial charge in [0.05, 0.1) is 13.3 Å². The van der Waals surface area contributed by atoms with Crippen molar-refractivity contribution in [1.82, 2.24) is 16.0 Å². The number of hydrogen-bond acceptors (Lipinski definition) is 5. The van der Waals surface area contributed by atoms with Gasteiger partial charge in [-0.05, 0) is 0 Å². The number of carbonyl (C=O) groups is 1. The molecule has 1 amide bonds. The van der Waals surface area contributed by atoms with E-state index in [1.165, 1.54) is 13.3 Å². The van der Waals surface area contributed by atoms with Crippen molar-refractivity contribution < 1.29 is 9.53 Å². The van der Waals surface area contributed by atoms with E-state index in [2.05, 4.69) is 15.7 Å². The van der Waals surface area contributed by atoms with Crippen LogP contribution in [0.25, 0.3) is 0 Å². The molecule has 0 radical (unpaired) electrons. The van der Waals surface area contributed by atoms with Crippen LogP contribution in [0, 0.1) is 0 Å². The Labute approximate surface area is 57.6 Å². The minimum atomic E-state index is -0.520. The Morgan fingerprint density at radius 2 is 2.60 bits per heavy atom. The molecule has 6 nitrogen and oxygen atoms in total. The van der Waals surface area contributed by atoms with Gasteiger partial charge >= 0.3 is 6.09 Å². The molecule has 0 fully saturated rings. The quantitative estimate of drug-likeness (QED) is 0.399. The second-order valence-corrected chi connectivity index (χ2v) is 1.66. The van der Waals surface area contributed by atoms with Crippen LogP contribution in [-0.4, -0.2) is 18.2 Å². The molecule has 0 saturated heterocycles. The Balaban J connectivity index is 2.52. The van der Waals surface area contributed by atoms with Gasteiger partial charge in [-0.1, -0.05) is 0 Å². The molecule has 1 rings (SSSR count). The summed E-state index contributed by atoms with van der Waals surface area (Å²) in [6.45, 7) is 0. The van der Waals surface area contributed by atoms with Gasteiger partial charge in [-0.3, -0.25) is 5.43 Å². The summed E-state index contributed by atoms with van der Waals surface area (Å²) in [5.41, 5.74) is 10.2. The Hall–Kier alpha value is -1.43. The van der Waals surface area contributed by atoms with Gasteiger partial charge in [-0.2, -0.15) is 5.01 Å². The molecule has 0 saturated carbocycles. The molecule has 0 bridgehead atoms. The minimum absolute atomic E-state index is 0.366. The zero-order chi connectivity index (χ0) is 7.56. The predicted molar refractivity (Wildman–Crippen MR) is 32.8 cm³/mol. The van der Waals surface area contributed by atoms with Gasteiger partial charge in [-0.15, -0.1) is 5.53 Å². The monoisotopic (exact) mass is 144 g/mol. The molecule has 0 aromatic rings. The highest BCUT2D eigenvalue weighted by atomic mass is 16.5. The summed E-state index contributed by atoms with van der Waals surface area (Å²) in [4.78, 5) is 10.7. The molecule has 0 aliphatic carbocycles. The van der Waals surface area contributed by atoms with Crippen molar-refractivity contribution in [3.63, 3.8) is 0 Å².